The quantitative estimate of drug-likeness (QED) is 0.0407. The van der Waals surface area contributed by atoms with E-state index in [1.54, 1.807) is 6.07 Å². The number of fused-ring (bicyclic) bond motifs is 1. The van der Waals surface area contributed by atoms with Gasteiger partial charge in [-0.1, -0.05) is 24.3 Å². The number of carboxylic acids is 3. The van der Waals surface area contributed by atoms with E-state index in [1.807, 2.05) is 35.6 Å². The summed E-state index contributed by atoms with van der Waals surface area (Å²) in [5.41, 5.74) is 5.39. The van der Waals surface area contributed by atoms with Gasteiger partial charge in [-0.25, -0.2) is 4.79 Å². The van der Waals surface area contributed by atoms with Crippen LogP contribution in [-0.2, 0) is 28.8 Å². The summed E-state index contributed by atoms with van der Waals surface area (Å²) >= 11 is 0. The molecule has 2 aliphatic heterocycles. The fourth-order valence-electron chi connectivity index (χ4n) is 7.48. The predicted molar refractivity (Wildman–Crippen MR) is 226 cm³/mol. The van der Waals surface area contributed by atoms with Crippen LogP contribution in [0, 0.1) is 0 Å². The topological polar surface area (TPSA) is 318 Å². The average Bonchev–Trinajstić information content (AvgIpc) is 3.26. The molecule has 0 bridgehead atoms. The zero-order valence-corrected chi connectivity index (χ0v) is 34.6. The van der Waals surface area contributed by atoms with Gasteiger partial charge in [0.1, 0.15) is 23.6 Å². The van der Waals surface area contributed by atoms with E-state index in [0.29, 0.717) is 31.1 Å². The Labute approximate surface area is 368 Å². The minimum absolute atomic E-state index is 0.0310. The Kier molecular flexibility index (Phi) is 14.7. The van der Waals surface area contributed by atoms with Crippen molar-refractivity contribution >= 4 is 80.8 Å². The van der Waals surface area contributed by atoms with Crippen molar-refractivity contribution in [3.63, 3.8) is 0 Å². The van der Waals surface area contributed by atoms with Gasteiger partial charge in [-0.15, -0.1) is 0 Å². The standard InChI is InChI=1S/C44H44N6O15/c45-15-4-20-65-32-8-2-5-23-24(32)6-1-7-31(23)64-19-3-9-33(51)47-29(21-35(53)54)39(57)46-16-18-50-42(60)27-12-10-25-37-26(11-13-28(38(27)37)43(50)61)41(59)49(40(25)58)17-14-34(52)48-30(44(62)63)22-36(55)56/h1-2,5-8,10-13,29-30H,3-4,9,14-22,45H2,(H,46,57)(H,47,51)(H,48,52)(H,53,54)(H,55,56)(H,62,63)/t29-,30-/m0/s1. The second-order valence-corrected chi connectivity index (χ2v) is 15.0. The smallest absolute Gasteiger partial charge is 0.326 e. The maximum atomic E-state index is 13.7. The average molecular weight is 897 g/mol. The van der Waals surface area contributed by atoms with E-state index in [1.165, 1.54) is 24.3 Å². The Hall–Kier alpha value is -7.94. The van der Waals surface area contributed by atoms with Crippen molar-refractivity contribution in [1.29, 1.82) is 0 Å². The Morgan fingerprint density at radius 3 is 1.51 bits per heavy atom. The van der Waals surface area contributed by atoms with Crippen LogP contribution in [0.3, 0.4) is 0 Å². The number of hydrogen-bond acceptors (Lipinski definition) is 13. The number of rotatable bonds is 23. The molecule has 4 aromatic rings. The second-order valence-electron chi connectivity index (χ2n) is 15.0. The summed E-state index contributed by atoms with van der Waals surface area (Å²) in [5.74, 6) is -8.97. The first kappa shape index (κ1) is 46.6. The molecular weight excluding hydrogens is 853 g/mol. The molecule has 0 saturated carbocycles. The molecular formula is C44H44N6O15. The summed E-state index contributed by atoms with van der Waals surface area (Å²) in [6.45, 7) is -0.140. The van der Waals surface area contributed by atoms with Crippen LogP contribution in [0.25, 0.3) is 21.5 Å². The number of nitrogens with one attached hydrogen (secondary N) is 3. The molecule has 6 rings (SSSR count). The van der Waals surface area contributed by atoms with Crippen molar-refractivity contribution in [2.75, 3.05) is 39.4 Å². The zero-order chi connectivity index (χ0) is 46.9. The molecule has 21 heteroatoms. The van der Waals surface area contributed by atoms with E-state index >= 15 is 0 Å². The molecule has 0 aromatic heterocycles. The number of carboxylic acid groups (broad SMARTS) is 3. The first-order valence-corrected chi connectivity index (χ1v) is 20.4. The zero-order valence-electron chi connectivity index (χ0n) is 34.6. The van der Waals surface area contributed by atoms with E-state index in [0.717, 1.165) is 20.6 Å². The summed E-state index contributed by atoms with van der Waals surface area (Å²) < 4.78 is 11.8. The van der Waals surface area contributed by atoms with Crippen molar-refractivity contribution in [1.82, 2.24) is 25.8 Å². The highest BCUT2D eigenvalue weighted by molar-refractivity contribution is 6.33. The summed E-state index contributed by atoms with van der Waals surface area (Å²) in [7, 11) is 0. The highest BCUT2D eigenvalue weighted by Gasteiger charge is 2.40. The van der Waals surface area contributed by atoms with Gasteiger partial charge in [0.05, 0.1) is 26.1 Å². The molecule has 8 N–H and O–H groups in total. The molecule has 0 unspecified atom stereocenters. The molecule has 2 aliphatic rings. The van der Waals surface area contributed by atoms with Gasteiger partial charge >= 0.3 is 17.9 Å². The Morgan fingerprint density at radius 2 is 1.03 bits per heavy atom. The number of hydrogen-bond donors (Lipinski definition) is 7. The Bertz CT molecular complexity index is 2560. The lowest BCUT2D eigenvalue weighted by atomic mass is 9.86. The molecule has 0 aliphatic carbocycles. The summed E-state index contributed by atoms with van der Waals surface area (Å²) in [6, 6.07) is 12.9. The number of carbonyl (C=O) groups is 10. The molecule has 0 saturated heterocycles. The number of carbonyl (C=O) groups excluding carboxylic acids is 7. The lowest BCUT2D eigenvalue weighted by Crippen LogP contribution is -2.50. The van der Waals surface area contributed by atoms with Crippen molar-refractivity contribution in [2.24, 2.45) is 5.73 Å². The van der Waals surface area contributed by atoms with Gasteiger partial charge < -0.3 is 46.5 Å². The molecule has 340 valence electrons. The lowest BCUT2D eigenvalue weighted by Gasteiger charge is -2.32. The summed E-state index contributed by atoms with van der Waals surface area (Å²) in [5, 5.41) is 36.3. The fourth-order valence-corrected chi connectivity index (χ4v) is 7.48. The van der Waals surface area contributed by atoms with Crippen LogP contribution in [0.5, 0.6) is 11.5 Å². The molecule has 21 nitrogen and oxygen atoms in total. The van der Waals surface area contributed by atoms with E-state index in [4.69, 9.17) is 20.3 Å². The van der Waals surface area contributed by atoms with Crippen LogP contribution in [0.1, 0.15) is 80.0 Å². The van der Waals surface area contributed by atoms with Crippen molar-refractivity contribution in [2.45, 2.75) is 50.6 Å². The number of ether oxygens (including phenoxy) is 2. The highest BCUT2D eigenvalue weighted by atomic mass is 16.5. The van der Waals surface area contributed by atoms with Crippen LogP contribution in [0.4, 0.5) is 0 Å². The maximum absolute atomic E-state index is 13.7. The number of benzene rings is 4. The molecule has 2 heterocycles. The molecule has 0 fully saturated rings. The highest BCUT2D eigenvalue weighted by Crippen LogP contribution is 2.38. The lowest BCUT2D eigenvalue weighted by molar-refractivity contribution is -0.147. The largest absolute Gasteiger partial charge is 0.493 e. The molecule has 0 spiro atoms. The van der Waals surface area contributed by atoms with E-state index in [2.05, 4.69) is 10.6 Å². The Morgan fingerprint density at radius 1 is 0.585 bits per heavy atom. The van der Waals surface area contributed by atoms with E-state index in [9.17, 15) is 58.2 Å². The minimum atomic E-state index is -1.74. The van der Waals surface area contributed by atoms with Gasteiger partial charge in [-0.2, -0.15) is 0 Å². The minimum Gasteiger partial charge on any atom is -0.493 e. The second kappa shape index (κ2) is 20.5. The van der Waals surface area contributed by atoms with Gasteiger partial charge in [0, 0.05) is 76.3 Å². The first-order valence-electron chi connectivity index (χ1n) is 20.4. The SMILES string of the molecule is NCCCOc1cccc2c(OCCCC(=O)N[C@@H](CC(=O)O)C(=O)NCCN3C(=O)c4ccc5c6c(ccc(c46)C3=O)C(=O)N(CCC(=O)N[C@@H](CC(=O)O)C(=O)O)C5=O)cccc12. The van der Waals surface area contributed by atoms with Crippen LogP contribution in [0.2, 0.25) is 0 Å². The number of amides is 7. The van der Waals surface area contributed by atoms with E-state index < -0.39 is 97.1 Å². The van der Waals surface area contributed by atoms with Crippen LogP contribution in [0.15, 0.2) is 60.7 Å². The number of imide groups is 2. The summed E-state index contributed by atoms with van der Waals surface area (Å²) in [6.07, 6.45) is -1.41. The molecule has 7 amide bonds. The van der Waals surface area contributed by atoms with Crippen molar-refractivity contribution in [3.8, 4) is 11.5 Å². The summed E-state index contributed by atoms with van der Waals surface area (Å²) in [4.78, 5) is 129. The van der Waals surface area contributed by atoms with Crippen LogP contribution < -0.4 is 31.2 Å². The van der Waals surface area contributed by atoms with Gasteiger partial charge in [-0.3, -0.25) is 53.0 Å². The fraction of sp³-hybridized carbons (Fsp3) is 0.318. The molecule has 65 heavy (non-hydrogen) atoms. The monoisotopic (exact) mass is 896 g/mol. The predicted octanol–water partition coefficient (Wildman–Crippen LogP) is 1.28. The third-order valence-electron chi connectivity index (χ3n) is 10.6. The Balaban J connectivity index is 1.03. The third-order valence-corrected chi connectivity index (χ3v) is 10.6. The molecule has 4 aromatic carbocycles. The van der Waals surface area contributed by atoms with Gasteiger partial charge in [-0.05, 0) is 55.8 Å². The van der Waals surface area contributed by atoms with Gasteiger partial charge in [0.2, 0.25) is 17.7 Å². The number of nitrogens with two attached hydrogens (primary N) is 1. The van der Waals surface area contributed by atoms with Crippen LogP contribution in [-0.4, -0.2) is 136 Å². The van der Waals surface area contributed by atoms with Crippen molar-refractivity contribution in [3.05, 3.63) is 82.9 Å². The van der Waals surface area contributed by atoms with E-state index in [-0.39, 0.29) is 65.6 Å². The first-order chi connectivity index (χ1) is 31.1. The molecule has 0 radical (unpaired) electrons. The van der Waals surface area contributed by atoms with Crippen LogP contribution >= 0.6 is 0 Å². The van der Waals surface area contributed by atoms with Crippen molar-refractivity contribution < 1.29 is 72.7 Å². The number of aliphatic carboxylic acids is 3. The molecule has 2 atom stereocenters. The third kappa shape index (κ3) is 10.5. The maximum Gasteiger partial charge on any atom is 0.326 e. The number of nitrogens with zero attached hydrogens (tertiary/aromatic N) is 2. The van der Waals surface area contributed by atoms with Gasteiger partial charge in [0.25, 0.3) is 23.6 Å². The van der Waals surface area contributed by atoms with Gasteiger partial charge in [0.15, 0.2) is 0 Å². The normalized spacial score (nSPS) is 13.9.